The molecule has 9 atom stereocenters. The van der Waals surface area contributed by atoms with Crippen molar-refractivity contribution in [3.05, 3.63) is 136 Å². The summed E-state index contributed by atoms with van der Waals surface area (Å²) < 4.78 is 0. The number of nitrogens with one attached hydrogen (secondary N) is 8. The quantitative estimate of drug-likeness (QED) is 0.0696. The van der Waals surface area contributed by atoms with Crippen LogP contribution in [-0.2, 0) is 54.6 Å². The SMILES string of the molecule is CN[C@@H](C)C(=O)NC(C(=O)N1C[C@@H](NC(=O)c2ccc(C(=O)Nc3ccc4c(c3)C[C@@H](C(=O)NC3CCCc5ccccc53)N(C(=O)C(NC(=O)[C@H](C)NC)C(C)(C)C)C4)cc2)CC1C(=O)N[C@@H]1CCCc2ccccc21)C(C)(C)C. The van der Waals surface area contributed by atoms with Crippen molar-refractivity contribution in [1.29, 1.82) is 0 Å². The Labute approximate surface area is 476 Å². The lowest BCUT2D eigenvalue weighted by Gasteiger charge is -2.42. The van der Waals surface area contributed by atoms with Crippen LogP contribution in [0.1, 0.15) is 154 Å². The highest BCUT2D eigenvalue weighted by Crippen LogP contribution is 2.35. The van der Waals surface area contributed by atoms with Gasteiger partial charge < -0.3 is 52.3 Å². The van der Waals surface area contributed by atoms with E-state index in [2.05, 4.69) is 54.7 Å². The van der Waals surface area contributed by atoms with Gasteiger partial charge in [-0.15, -0.1) is 0 Å². The molecule has 0 spiro atoms. The highest BCUT2D eigenvalue weighted by molar-refractivity contribution is 6.05. The first kappa shape index (κ1) is 59.7. The zero-order valence-electron chi connectivity index (χ0n) is 48.6. The lowest BCUT2D eigenvalue weighted by Crippen LogP contribution is -2.62. The lowest BCUT2D eigenvalue weighted by atomic mass is 9.83. The fourth-order valence-corrected chi connectivity index (χ4v) is 11.6. The number of amides is 8. The summed E-state index contributed by atoms with van der Waals surface area (Å²) in [7, 11) is 3.33. The maximum atomic E-state index is 14.8. The van der Waals surface area contributed by atoms with E-state index in [1.807, 2.05) is 90.1 Å². The monoisotopic (exact) mass is 1110 g/mol. The summed E-state index contributed by atoms with van der Waals surface area (Å²) in [6.07, 6.45) is 5.41. The van der Waals surface area contributed by atoms with E-state index in [0.717, 1.165) is 60.8 Å². The van der Waals surface area contributed by atoms with Gasteiger partial charge in [-0.1, -0.05) is 96.1 Å². The Kier molecular flexibility index (Phi) is 18.5. The van der Waals surface area contributed by atoms with Gasteiger partial charge in [0.25, 0.3) is 11.8 Å². The predicted octanol–water partition coefficient (Wildman–Crippen LogP) is 5.56. The summed E-state index contributed by atoms with van der Waals surface area (Å²) in [5, 5.41) is 24.3. The molecule has 1 fully saturated rings. The van der Waals surface area contributed by atoms with Crippen molar-refractivity contribution in [3.63, 3.8) is 0 Å². The third-order valence-corrected chi connectivity index (χ3v) is 16.6. The Hall–Kier alpha value is -7.44. The lowest BCUT2D eigenvalue weighted by molar-refractivity contribution is -0.147. The largest absolute Gasteiger partial charge is 0.347 e. The van der Waals surface area contributed by atoms with Crippen molar-refractivity contribution in [3.8, 4) is 0 Å². The van der Waals surface area contributed by atoms with Gasteiger partial charge in [-0.25, -0.2) is 0 Å². The standard InChI is InChI=1S/C63H82N10O8/c1-36(64-9)54(74)70-52(62(3,4)5)60(80)72-34-42-29-30-44(31-43(42)32-50(72)58(78)68-48-23-15-19-38-17-11-13-21-46(38)48)66-56(76)40-25-27-41(28-26-40)57(77)67-45-33-51(59(79)69-49-24-16-20-39-18-12-14-22-47(39)49)73(35-45)61(81)53(63(6,7)8)71-55(75)37(2)65-10/h11-14,17-18,21-22,25-31,36-37,45,48-53,64-65H,15-16,19-20,23-24,32-35H2,1-10H3,(H,66,76)(H,67,77)(H,68,78)(H,69,79)(H,70,74)(H,71,75)/t36-,37-,45-,48?,49+,50-,51?,52?,53?/m0/s1. The molecule has 4 aromatic carbocycles. The predicted molar refractivity (Wildman–Crippen MR) is 311 cm³/mol. The van der Waals surface area contributed by atoms with Crippen LogP contribution in [0.4, 0.5) is 5.69 Å². The zero-order valence-corrected chi connectivity index (χ0v) is 48.6. The molecule has 432 valence electrons. The van der Waals surface area contributed by atoms with Crippen LogP contribution in [0, 0.1) is 10.8 Å². The van der Waals surface area contributed by atoms with Crippen molar-refractivity contribution in [2.24, 2.45) is 10.8 Å². The molecule has 8 N–H and O–H groups in total. The van der Waals surface area contributed by atoms with Gasteiger partial charge in [-0.05, 0) is 153 Å². The molecule has 8 amide bonds. The number of likely N-dealkylation sites (tertiary alicyclic amines) is 1. The molecule has 0 saturated carbocycles. The van der Waals surface area contributed by atoms with E-state index in [1.165, 1.54) is 16.0 Å². The Morgan fingerprint density at radius 3 is 1.53 bits per heavy atom. The smallest absolute Gasteiger partial charge is 0.255 e. The zero-order chi connectivity index (χ0) is 58.5. The Bertz CT molecular complexity index is 3020. The molecular formula is C63H82N10O8. The van der Waals surface area contributed by atoms with E-state index in [0.29, 0.717) is 5.69 Å². The summed E-state index contributed by atoms with van der Waals surface area (Å²) in [5.41, 5.74) is 5.61. The number of carbonyl (C=O) groups excluding carboxylic acids is 8. The molecule has 81 heavy (non-hydrogen) atoms. The number of hydrogen-bond donors (Lipinski definition) is 8. The first-order valence-corrected chi connectivity index (χ1v) is 28.6. The highest BCUT2D eigenvalue weighted by Gasteiger charge is 2.47. The topological polar surface area (TPSA) is 239 Å². The van der Waals surface area contributed by atoms with E-state index in [1.54, 1.807) is 63.2 Å². The second-order valence-electron chi connectivity index (χ2n) is 24.6. The number of carbonyl (C=O) groups is 8. The Morgan fingerprint density at radius 1 is 0.543 bits per heavy atom. The molecule has 4 aromatic rings. The van der Waals surface area contributed by atoms with Gasteiger partial charge in [0.15, 0.2) is 0 Å². The van der Waals surface area contributed by atoms with Crippen LogP contribution in [0.3, 0.4) is 0 Å². The fourth-order valence-electron chi connectivity index (χ4n) is 11.6. The van der Waals surface area contributed by atoms with Crippen LogP contribution in [0.2, 0.25) is 0 Å². The van der Waals surface area contributed by atoms with Gasteiger partial charge in [0.2, 0.25) is 35.4 Å². The second kappa shape index (κ2) is 25.1. The molecule has 4 aliphatic rings. The molecular weight excluding hydrogens is 1020 g/mol. The summed E-state index contributed by atoms with van der Waals surface area (Å²) in [4.78, 5) is 116. The van der Waals surface area contributed by atoms with Crippen molar-refractivity contribution >= 4 is 52.9 Å². The van der Waals surface area contributed by atoms with Crippen LogP contribution in [0.5, 0.6) is 0 Å². The number of nitrogens with zero attached hydrogens (tertiary/aromatic N) is 2. The molecule has 8 rings (SSSR count). The van der Waals surface area contributed by atoms with Gasteiger partial charge in [0.1, 0.15) is 24.2 Å². The van der Waals surface area contributed by atoms with E-state index < -0.39 is 70.8 Å². The van der Waals surface area contributed by atoms with Gasteiger partial charge in [-0.3, -0.25) is 38.4 Å². The molecule has 0 radical (unpaired) electrons. The molecule has 1 saturated heterocycles. The van der Waals surface area contributed by atoms with Crippen LogP contribution in [0.15, 0.2) is 91.0 Å². The van der Waals surface area contributed by atoms with Gasteiger partial charge in [0.05, 0.1) is 24.2 Å². The Balaban J connectivity index is 0.972. The first-order chi connectivity index (χ1) is 38.4. The maximum absolute atomic E-state index is 14.8. The van der Waals surface area contributed by atoms with Crippen LogP contribution < -0.4 is 42.5 Å². The fraction of sp³-hybridized carbons (Fsp3) is 0.492. The average molecular weight is 1110 g/mol. The highest BCUT2D eigenvalue weighted by atomic mass is 16.2. The van der Waals surface area contributed by atoms with E-state index >= 15 is 0 Å². The molecule has 4 unspecified atom stereocenters. The molecule has 0 bridgehead atoms. The average Bonchev–Trinajstić information content (AvgIpc) is 3.88. The number of fused-ring (bicyclic) bond motifs is 3. The number of likely N-dealkylation sites (N-methyl/N-ethyl adjacent to an activating group) is 2. The van der Waals surface area contributed by atoms with Gasteiger partial charge >= 0.3 is 0 Å². The van der Waals surface area contributed by atoms with E-state index in [9.17, 15) is 38.4 Å². The summed E-state index contributed by atoms with van der Waals surface area (Å²) in [6, 6.07) is 21.7. The molecule has 18 nitrogen and oxygen atoms in total. The minimum Gasteiger partial charge on any atom is -0.347 e. The summed E-state index contributed by atoms with van der Waals surface area (Å²) in [5.74, 6) is -3.04. The van der Waals surface area contributed by atoms with Crippen LogP contribution >= 0.6 is 0 Å². The number of aryl methyl sites for hydroxylation is 2. The third-order valence-electron chi connectivity index (χ3n) is 16.6. The summed E-state index contributed by atoms with van der Waals surface area (Å²) >= 11 is 0. The molecule has 2 aliphatic carbocycles. The minimum absolute atomic E-state index is 0.0238. The van der Waals surface area contributed by atoms with Crippen molar-refractivity contribution in [2.45, 2.75) is 168 Å². The molecule has 0 aromatic heterocycles. The van der Waals surface area contributed by atoms with E-state index in [-0.39, 0.29) is 78.7 Å². The first-order valence-electron chi connectivity index (χ1n) is 28.6. The minimum atomic E-state index is -0.976. The summed E-state index contributed by atoms with van der Waals surface area (Å²) in [6.45, 7) is 14.7. The van der Waals surface area contributed by atoms with Gasteiger partial charge in [-0.2, -0.15) is 0 Å². The van der Waals surface area contributed by atoms with Crippen LogP contribution in [-0.4, -0.2) is 120 Å². The normalized spacial score (nSPS) is 21.1. The number of benzene rings is 4. The van der Waals surface area contributed by atoms with Gasteiger partial charge in [0, 0.05) is 42.4 Å². The van der Waals surface area contributed by atoms with Crippen molar-refractivity contribution < 1.29 is 38.4 Å². The van der Waals surface area contributed by atoms with Crippen molar-refractivity contribution in [2.75, 3.05) is 26.0 Å². The molecule has 2 heterocycles. The van der Waals surface area contributed by atoms with E-state index in [4.69, 9.17) is 0 Å². The third kappa shape index (κ3) is 13.8. The number of rotatable bonds is 16. The van der Waals surface area contributed by atoms with Crippen molar-refractivity contribution in [1.82, 2.24) is 47.0 Å². The number of anilines is 1. The number of hydrogen-bond acceptors (Lipinski definition) is 10. The second-order valence-corrected chi connectivity index (χ2v) is 24.6. The molecule has 2 aliphatic heterocycles. The van der Waals surface area contributed by atoms with Crippen LogP contribution in [0.25, 0.3) is 0 Å². The Morgan fingerprint density at radius 2 is 1.02 bits per heavy atom. The molecule has 18 heteroatoms. The maximum Gasteiger partial charge on any atom is 0.255 e.